The number of hydrogen-bond acceptors (Lipinski definition) is 7. The monoisotopic (exact) mass is 487 g/mol. The fourth-order valence-electron chi connectivity index (χ4n) is 3.62. The van der Waals surface area contributed by atoms with Crippen molar-refractivity contribution in [2.45, 2.75) is 51.5 Å². The zero-order chi connectivity index (χ0) is 24.9. The van der Waals surface area contributed by atoms with Gasteiger partial charge in [-0.15, -0.1) is 0 Å². The van der Waals surface area contributed by atoms with Crippen LogP contribution < -0.4 is 15.1 Å². The summed E-state index contributed by atoms with van der Waals surface area (Å²) in [5.41, 5.74) is 2.57. The fraction of sp³-hybridized carbons (Fsp3) is 0.360. The molecule has 0 aliphatic rings. The van der Waals surface area contributed by atoms with E-state index in [-0.39, 0.29) is 30.4 Å². The first-order valence-electron chi connectivity index (χ1n) is 11.1. The first-order chi connectivity index (χ1) is 16.1. The van der Waals surface area contributed by atoms with E-state index in [1.165, 1.54) is 18.2 Å². The number of carbonyl (C=O) groups excluding carboxylic acids is 1. The van der Waals surface area contributed by atoms with Crippen molar-refractivity contribution in [2.24, 2.45) is 0 Å². The average molecular weight is 488 g/mol. The third-order valence-electron chi connectivity index (χ3n) is 5.29. The Morgan fingerprint density at radius 2 is 1.82 bits per heavy atom. The molecule has 0 aliphatic carbocycles. The molecule has 0 saturated carbocycles. The Bertz CT molecular complexity index is 1330. The van der Waals surface area contributed by atoms with Gasteiger partial charge in [0.25, 0.3) is 0 Å². The molecule has 3 aromatic rings. The van der Waals surface area contributed by atoms with Crippen molar-refractivity contribution >= 4 is 27.0 Å². The van der Waals surface area contributed by atoms with Crippen LogP contribution in [0.15, 0.2) is 56.6 Å². The minimum Gasteiger partial charge on any atom is -0.494 e. The van der Waals surface area contributed by atoms with E-state index in [0.29, 0.717) is 28.9 Å². The number of nitrogens with one attached hydrogen (secondary N) is 1. The van der Waals surface area contributed by atoms with Crippen LogP contribution in [-0.2, 0) is 26.2 Å². The van der Waals surface area contributed by atoms with Crippen molar-refractivity contribution in [1.29, 1.82) is 0 Å². The van der Waals surface area contributed by atoms with Crippen LogP contribution in [0.3, 0.4) is 0 Å². The molecule has 182 valence electrons. The number of hydrogen-bond donors (Lipinski definition) is 1. The third-order valence-corrected chi connectivity index (χ3v) is 6.77. The zero-order valence-corrected chi connectivity index (χ0v) is 20.5. The predicted octanol–water partition coefficient (Wildman–Crippen LogP) is 4.04. The number of aryl methyl sites for hydroxylation is 1. The quantitative estimate of drug-likeness (QED) is 0.339. The highest BCUT2D eigenvalue weighted by atomic mass is 32.2. The lowest BCUT2D eigenvalue weighted by Crippen LogP contribution is -2.26. The van der Waals surface area contributed by atoms with Gasteiger partial charge in [-0.1, -0.05) is 13.8 Å². The van der Waals surface area contributed by atoms with Crippen molar-refractivity contribution < 1.29 is 27.1 Å². The summed E-state index contributed by atoms with van der Waals surface area (Å²) in [7, 11) is -3.77. The number of esters is 1. The number of carbonyl (C=O) groups is 1. The molecule has 0 fully saturated rings. The maximum absolute atomic E-state index is 12.4. The molecule has 1 N–H and O–H groups in total. The predicted molar refractivity (Wildman–Crippen MR) is 129 cm³/mol. The highest BCUT2D eigenvalue weighted by Crippen LogP contribution is 2.27. The second-order valence-corrected chi connectivity index (χ2v) is 9.93. The van der Waals surface area contributed by atoms with E-state index in [9.17, 15) is 18.0 Å². The van der Waals surface area contributed by atoms with Gasteiger partial charge < -0.3 is 13.9 Å². The molecule has 0 saturated heterocycles. The van der Waals surface area contributed by atoms with E-state index >= 15 is 0 Å². The molecule has 2 aromatic carbocycles. The van der Waals surface area contributed by atoms with Gasteiger partial charge in [-0.05, 0) is 67.3 Å². The molecule has 0 aliphatic heterocycles. The van der Waals surface area contributed by atoms with Crippen LogP contribution >= 0.6 is 0 Å². The van der Waals surface area contributed by atoms with E-state index < -0.39 is 21.6 Å². The summed E-state index contributed by atoms with van der Waals surface area (Å²) in [6, 6.07) is 11.1. The Morgan fingerprint density at radius 3 is 2.47 bits per heavy atom. The molecule has 1 aromatic heterocycles. The maximum atomic E-state index is 12.4. The lowest BCUT2D eigenvalue weighted by molar-refractivity contribution is -0.144. The normalized spacial score (nSPS) is 11.7. The maximum Gasteiger partial charge on any atom is 0.336 e. The highest BCUT2D eigenvalue weighted by molar-refractivity contribution is 7.89. The topological polar surface area (TPSA) is 112 Å². The summed E-state index contributed by atoms with van der Waals surface area (Å²) in [6.45, 7) is 8.17. The smallest absolute Gasteiger partial charge is 0.336 e. The first kappa shape index (κ1) is 25.5. The van der Waals surface area contributed by atoms with Gasteiger partial charge in [0, 0.05) is 23.6 Å². The number of fused-ring (bicyclic) bond motifs is 1. The Kier molecular flexibility index (Phi) is 8.11. The number of rotatable bonds is 10. The molecule has 0 atom stereocenters. The molecule has 9 heteroatoms. The summed E-state index contributed by atoms with van der Waals surface area (Å²) in [6.07, 6.45) is -0.161. The summed E-state index contributed by atoms with van der Waals surface area (Å²) in [5.74, 6) is 0.255. The Balaban J connectivity index is 1.61. The summed E-state index contributed by atoms with van der Waals surface area (Å²) >= 11 is 0. The Morgan fingerprint density at radius 1 is 1.12 bits per heavy atom. The van der Waals surface area contributed by atoms with Crippen LogP contribution in [-0.4, -0.2) is 27.5 Å². The van der Waals surface area contributed by atoms with Crippen LogP contribution in [0.2, 0.25) is 0 Å². The van der Waals surface area contributed by atoms with Crippen LogP contribution in [0, 0.1) is 6.92 Å². The SMILES string of the molecule is CCOc1ccc(S(=O)(=O)NCCC(=O)OCc2cc(=O)oc3cc(C)c(C(C)C)cc23)cc1. The highest BCUT2D eigenvalue weighted by Gasteiger charge is 2.16. The van der Waals surface area contributed by atoms with E-state index in [1.54, 1.807) is 12.1 Å². The van der Waals surface area contributed by atoms with Crippen LogP contribution in [0.25, 0.3) is 11.0 Å². The van der Waals surface area contributed by atoms with E-state index in [0.717, 1.165) is 11.1 Å². The van der Waals surface area contributed by atoms with Crippen LogP contribution in [0.1, 0.15) is 49.8 Å². The minimum atomic E-state index is -3.77. The van der Waals surface area contributed by atoms with Gasteiger partial charge in [0.2, 0.25) is 10.0 Å². The molecular weight excluding hydrogens is 458 g/mol. The van der Waals surface area contributed by atoms with Gasteiger partial charge in [0.05, 0.1) is 17.9 Å². The Hall–Kier alpha value is -3.17. The van der Waals surface area contributed by atoms with Gasteiger partial charge in [0.1, 0.15) is 17.9 Å². The molecule has 0 unspecified atom stereocenters. The molecule has 0 bridgehead atoms. The van der Waals surface area contributed by atoms with Gasteiger partial charge in [-0.2, -0.15) is 0 Å². The zero-order valence-electron chi connectivity index (χ0n) is 19.7. The lowest BCUT2D eigenvalue weighted by atomic mass is 9.95. The summed E-state index contributed by atoms with van der Waals surface area (Å²) in [4.78, 5) is 24.3. The second-order valence-electron chi connectivity index (χ2n) is 8.16. The molecule has 0 radical (unpaired) electrons. The largest absolute Gasteiger partial charge is 0.494 e. The van der Waals surface area contributed by atoms with E-state index in [1.807, 2.05) is 26.0 Å². The molecule has 1 heterocycles. The number of benzene rings is 2. The fourth-order valence-corrected chi connectivity index (χ4v) is 4.65. The third kappa shape index (κ3) is 6.24. The molecule has 0 spiro atoms. The second kappa shape index (κ2) is 10.8. The van der Waals surface area contributed by atoms with Crippen LogP contribution in [0.5, 0.6) is 5.75 Å². The van der Waals surface area contributed by atoms with E-state index in [4.69, 9.17) is 13.9 Å². The van der Waals surface area contributed by atoms with Crippen molar-refractivity contribution in [1.82, 2.24) is 4.72 Å². The lowest BCUT2D eigenvalue weighted by Gasteiger charge is -2.13. The van der Waals surface area contributed by atoms with Gasteiger partial charge in [-0.25, -0.2) is 17.9 Å². The van der Waals surface area contributed by atoms with Gasteiger partial charge >= 0.3 is 11.6 Å². The summed E-state index contributed by atoms with van der Waals surface area (Å²) in [5, 5.41) is 0.706. The Labute approximate surface area is 198 Å². The first-order valence-corrected chi connectivity index (χ1v) is 12.5. The molecule has 8 nitrogen and oxygen atoms in total. The average Bonchev–Trinajstić information content (AvgIpc) is 2.77. The van der Waals surface area contributed by atoms with Crippen molar-refractivity contribution in [3.05, 3.63) is 69.6 Å². The standard InChI is InChI=1S/C25H29NO7S/c1-5-31-19-6-8-20(9-7-19)34(29,30)26-11-10-24(27)32-15-18-13-25(28)33-23-12-17(4)21(16(2)3)14-22(18)23/h6-9,12-14,16,26H,5,10-11,15H2,1-4H3. The minimum absolute atomic E-state index is 0.0723. The van der Waals surface area contributed by atoms with Crippen molar-refractivity contribution in [3.63, 3.8) is 0 Å². The van der Waals surface area contributed by atoms with Gasteiger partial charge in [0.15, 0.2) is 0 Å². The molecule has 0 amide bonds. The summed E-state index contributed by atoms with van der Waals surface area (Å²) < 4.78 is 43.1. The number of sulfonamides is 1. The van der Waals surface area contributed by atoms with Crippen molar-refractivity contribution in [3.8, 4) is 5.75 Å². The number of ether oxygens (including phenoxy) is 2. The molecular formula is C25H29NO7S. The van der Waals surface area contributed by atoms with Gasteiger partial charge in [-0.3, -0.25) is 4.79 Å². The van der Waals surface area contributed by atoms with Crippen molar-refractivity contribution in [2.75, 3.05) is 13.2 Å². The molecule has 3 rings (SSSR count). The van der Waals surface area contributed by atoms with Crippen LogP contribution in [0.4, 0.5) is 0 Å². The van der Waals surface area contributed by atoms with E-state index in [2.05, 4.69) is 18.6 Å². The molecule has 34 heavy (non-hydrogen) atoms.